The Balaban J connectivity index is 1.76. The number of likely N-dealkylation sites (tertiary alicyclic amines) is 1. The first kappa shape index (κ1) is 11.9. The van der Waals surface area contributed by atoms with Gasteiger partial charge in [0.2, 0.25) is 0 Å². The van der Waals surface area contributed by atoms with Crippen molar-refractivity contribution in [3.63, 3.8) is 0 Å². The summed E-state index contributed by atoms with van der Waals surface area (Å²) >= 11 is 0. The third-order valence-electron chi connectivity index (χ3n) is 3.15. The van der Waals surface area contributed by atoms with Gasteiger partial charge in [-0.05, 0) is 37.9 Å². The van der Waals surface area contributed by atoms with E-state index in [9.17, 15) is 0 Å². The van der Waals surface area contributed by atoms with Crippen LogP contribution in [0.5, 0.6) is 5.75 Å². The lowest BCUT2D eigenvalue weighted by Gasteiger charge is -2.30. The van der Waals surface area contributed by atoms with Crippen LogP contribution in [0.4, 0.5) is 0 Å². The summed E-state index contributed by atoms with van der Waals surface area (Å²) in [4.78, 5) is 2.23. The lowest BCUT2D eigenvalue weighted by Crippen LogP contribution is -2.40. The van der Waals surface area contributed by atoms with Gasteiger partial charge in [-0.3, -0.25) is 4.90 Å². The highest BCUT2D eigenvalue weighted by Crippen LogP contribution is 2.16. The quantitative estimate of drug-likeness (QED) is 0.797. The zero-order valence-electron chi connectivity index (χ0n) is 10.0. The van der Waals surface area contributed by atoms with Crippen LogP contribution in [-0.4, -0.2) is 30.6 Å². The van der Waals surface area contributed by atoms with Crippen molar-refractivity contribution in [2.45, 2.75) is 25.3 Å². The van der Waals surface area contributed by atoms with Gasteiger partial charge in [0.1, 0.15) is 12.4 Å². The molecule has 0 aromatic heterocycles. The molecular formula is C14H18N2O. The van der Waals surface area contributed by atoms with E-state index in [2.05, 4.69) is 11.0 Å². The Morgan fingerprint density at radius 3 is 2.88 bits per heavy atom. The number of hydrogen-bond donors (Lipinski definition) is 0. The van der Waals surface area contributed by atoms with Crippen molar-refractivity contribution in [3.05, 3.63) is 30.3 Å². The molecule has 1 unspecified atom stereocenters. The van der Waals surface area contributed by atoms with Crippen LogP contribution in [0.25, 0.3) is 0 Å². The molecule has 0 N–H and O–H groups in total. The molecule has 0 aliphatic carbocycles. The molecule has 1 aromatic carbocycles. The van der Waals surface area contributed by atoms with E-state index in [0.717, 1.165) is 25.3 Å². The van der Waals surface area contributed by atoms with Crippen LogP contribution in [0, 0.1) is 11.3 Å². The Kier molecular flexibility index (Phi) is 4.40. The van der Waals surface area contributed by atoms with Crippen molar-refractivity contribution in [3.8, 4) is 11.8 Å². The number of nitriles is 1. The smallest absolute Gasteiger partial charge is 0.119 e. The second-order valence-corrected chi connectivity index (χ2v) is 4.34. The topological polar surface area (TPSA) is 36.3 Å². The Bertz CT molecular complexity index is 372. The van der Waals surface area contributed by atoms with E-state index in [1.165, 1.54) is 12.8 Å². The van der Waals surface area contributed by atoms with Crippen LogP contribution in [-0.2, 0) is 0 Å². The average molecular weight is 230 g/mol. The average Bonchev–Trinajstić information content (AvgIpc) is 2.40. The van der Waals surface area contributed by atoms with E-state index < -0.39 is 0 Å². The van der Waals surface area contributed by atoms with Crippen molar-refractivity contribution < 1.29 is 4.74 Å². The van der Waals surface area contributed by atoms with Gasteiger partial charge in [-0.2, -0.15) is 5.26 Å². The Hall–Kier alpha value is -1.53. The number of ether oxygens (including phenoxy) is 1. The Morgan fingerprint density at radius 1 is 1.29 bits per heavy atom. The highest BCUT2D eigenvalue weighted by molar-refractivity contribution is 5.20. The zero-order valence-corrected chi connectivity index (χ0v) is 10.0. The Labute approximate surface area is 103 Å². The molecule has 0 bridgehead atoms. The molecule has 3 nitrogen and oxygen atoms in total. The number of para-hydroxylation sites is 1. The summed E-state index contributed by atoms with van der Waals surface area (Å²) in [6.07, 6.45) is 3.37. The van der Waals surface area contributed by atoms with Gasteiger partial charge in [0.25, 0.3) is 0 Å². The SMILES string of the molecule is N#CC1CCCCN1CCOc1ccccc1. The normalized spacial score (nSPS) is 20.8. The number of piperidine rings is 1. The van der Waals surface area contributed by atoms with Gasteiger partial charge in [-0.25, -0.2) is 0 Å². The van der Waals surface area contributed by atoms with Gasteiger partial charge < -0.3 is 4.74 Å². The standard InChI is InChI=1S/C14H18N2O/c15-12-13-6-4-5-9-16(13)10-11-17-14-7-2-1-3-8-14/h1-3,7-8,13H,4-6,9-11H2. The van der Waals surface area contributed by atoms with E-state index in [1.54, 1.807) is 0 Å². The summed E-state index contributed by atoms with van der Waals surface area (Å²) < 4.78 is 5.65. The van der Waals surface area contributed by atoms with Gasteiger partial charge in [0, 0.05) is 6.54 Å². The molecular weight excluding hydrogens is 212 g/mol. The lowest BCUT2D eigenvalue weighted by atomic mass is 10.0. The van der Waals surface area contributed by atoms with Gasteiger partial charge in [0.15, 0.2) is 0 Å². The third-order valence-corrected chi connectivity index (χ3v) is 3.15. The second-order valence-electron chi connectivity index (χ2n) is 4.34. The molecule has 1 aliphatic rings. The fourth-order valence-corrected chi connectivity index (χ4v) is 2.20. The molecule has 1 atom stereocenters. The monoisotopic (exact) mass is 230 g/mol. The minimum atomic E-state index is 0.0862. The lowest BCUT2D eigenvalue weighted by molar-refractivity contribution is 0.151. The first-order chi connectivity index (χ1) is 8.40. The highest BCUT2D eigenvalue weighted by Gasteiger charge is 2.21. The predicted octanol–water partition coefficient (Wildman–Crippen LogP) is 2.44. The molecule has 90 valence electrons. The minimum Gasteiger partial charge on any atom is -0.492 e. The van der Waals surface area contributed by atoms with Gasteiger partial charge in [0.05, 0.1) is 12.1 Å². The summed E-state index contributed by atoms with van der Waals surface area (Å²) in [5, 5.41) is 9.05. The van der Waals surface area contributed by atoms with E-state index in [4.69, 9.17) is 10.00 Å². The molecule has 0 saturated carbocycles. The van der Waals surface area contributed by atoms with Crippen molar-refractivity contribution in [1.29, 1.82) is 5.26 Å². The first-order valence-corrected chi connectivity index (χ1v) is 6.21. The van der Waals surface area contributed by atoms with Crippen molar-refractivity contribution in [1.82, 2.24) is 4.90 Å². The molecule has 1 fully saturated rings. The van der Waals surface area contributed by atoms with Crippen LogP contribution >= 0.6 is 0 Å². The first-order valence-electron chi connectivity index (χ1n) is 6.21. The van der Waals surface area contributed by atoms with E-state index in [1.807, 2.05) is 30.3 Å². The zero-order chi connectivity index (χ0) is 11.9. The van der Waals surface area contributed by atoms with E-state index in [-0.39, 0.29) is 6.04 Å². The van der Waals surface area contributed by atoms with E-state index >= 15 is 0 Å². The summed E-state index contributed by atoms with van der Waals surface area (Å²) in [6, 6.07) is 12.3. The Morgan fingerprint density at radius 2 is 2.12 bits per heavy atom. The fraction of sp³-hybridized carbons (Fsp3) is 0.500. The molecule has 17 heavy (non-hydrogen) atoms. The fourth-order valence-electron chi connectivity index (χ4n) is 2.20. The van der Waals surface area contributed by atoms with Crippen LogP contribution < -0.4 is 4.74 Å². The van der Waals surface area contributed by atoms with Crippen molar-refractivity contribution in [2.24, 2.45) is 0 Å². The number of rotatable bonds is 4. The van der Waals surface area contributed by atoms with Crippen LogP contribution in [0.3, 0.4) is 0 Å². The molecule has 1 aliphatic heterocycles. The molecule has 0 spiro atoms. The molecule has 3 heteroatoms. The molecule has 1 heterocycles. The van der Waals surface area contributed by atoms with Gasteiger partial charge >= 0.3 is 0 Å². The van der Waals surface area contributed by atoms with Crippen LogP contribution in [0.1, 0.15) is 19.3 Å². The summed E-state index contributed by atoms with van der Waals surface area (Å²) in [5.74, 6) is 0.901. The minimum absolute atomic E-state index is 0.0862. The maximum Gasteiger partial charge on any atom is 0.119 e. The third kappa shape index (κ3) is 3.47. The van der Waals surface area contributed by atoms with E-state index in [0.29, 0.717) is 6.61 Å². The summed E-state index contributed by atoms with van der Waals surface area (Å²) in [5.41, 5.74) is 0. The molecule has 1 aromatic rings. The maximum atomic E-state index is 9.05. The second kappa shape index (κ2) is 6.27. The number of hydrogen-bond acceptors (Lipinski definition) is 3. The van der Waals surface area contributed by atoms with Crippen molar-refractivity contribution in [2.75, 3.05) is 19.7 Å². The predicted molar refractivity (Wildman–Crippen MR) is 66.8 cm³/mol. The number of nitrogens with zero attached hydrogens (tertiary/aromatic N) is 2. The van der Waals surface area contributed by atoms with Crippen molar-refractivity contribution >= 4 is 0 Å². The van der Waals surface area contributed by atoms with Gasteiger partial charge in [-0.15, -0.1) is 0 Å². The highest BCUT2D eigenvalue weighted by atomic mass is 16.5. The summed E-state index contributed by atoms with van der Waals surface area (Å²) in [7, 11) is 0. The maximum absolute atomic E-state index is 9.05. The molecule has 0 radical (unpaired) electrons. The van der Waals surface area contributed by atoms with Crippen LogP contribution in [0.2, 0.25) is 0 Å². The molecule has 0 amide bonds. The van der Waals surface area contributed by atoms with Crippen LogP contribution in [0.15, 0.2) is 30.3 Å². The summed E-state index contributed by atoms with van der Waals surface area (Å²) in [6.45, 7) is 2.52. The van der Waals surface area contributed by atoms with Gasteiger partial charge in [-0.1, -0.05) is 18.2 Å². The molecule has 2 rings (SSSR count). The number of benzene rings is 1. The molecule has 1 saturated heterocycles. The largest absolute Gasteiger partial charge is 0.492 e.